The van der Waals surface area contributed by atoms with Crippen LogP contribution in [0, 0.1) is 0 Å². The van der Waals surface area contributed by atoms with E-state index < -0.39 is 86.8 Å². The fraction of sp³-hybridized carbons (Fsp3) is 0.982. The van der Waals surface area contributed by atoms with E-state index in [2.05, 4.69) is 19.2 Å². The smallest absolute Gasteiger partial charge is 0.220 e. The van der Waals surface area contributed by atoms with Crippen LogP contribution in [0.15, 0.2) is 0 Å². The van der Waals surface area contributed by atoms with Gasteiger partial charge in [0.2, 0.25) is 5.91 Å². The zero-order valence-electron chi connectivity index (χ0n) is 44.5. The summed E-state index contributed by atoms with van der Waals surface area (Å²) in [6.07, 6.45) is 30.9. The number of hydrogen-bond acceptors (Lipinski definition) is 13. The molecule has 0 bridgehead atoms. The van der Waals surface area contributed by atoms with Gasteiger partial charge in [-0.15, -0.1) is 0 Å². The lowest BCUT2D eigenvalue weighted by Gasteiger charge is -2.46. The van der Waals surface area contributed by atoms with Gasteiger partial charge < -0.3 is 65.1 Å². The van der Waals surface area contributed by atoms with Gasteiger partial charge >= 0.3 is 0 Å². The summed E-state index contributed by atoms with van der Waals surface area (Å²) in [7, 11) is 0. The van der Waals surface area contributed by atoms with E-state index in [4.69, 9.17) is 18.9 Å². The first-order chi connectivity index (χ1) is 34.1. The molecule has 14 heteroatoms. The Kier molecular flexibility index (Phi) is 40.2. The van der Waals surface area contributed by atoms with Crippen molar-refractivity contribution in [3.05, 3.63) is 0 Å². The average molecular weight is 1000 g/mol. The fourth-order valence-corrected chi connectivity index (χ4v) is 10.1. The number of carbonyl (C=O) groups is 1. The van der Waals surface area contributed by atoms with E-state index in [1.807, 2.05) is 0 Å². The van der Waals surface area contributed by atoms with E-state index >= 15 is 0 Å². The Bertz CT molecular complexity index is 1180. The Labute approximate surface area is 425 Å². The molecule has 2 rings (SSSR count). The number of carbonyl (C=O) groups excluding carboxylic acids is 1. The minimum absolute atomic E-state index is 0.210. The molecule has 2 aliphatic rings. The minimum Gasteiger partial charge on any atom is -0.394 e. The first kappa shape index (κ1) is 65.1. The SMILES string of the molecule is CCCCCCCCCCCCCCCCCCCCCCCCCCCCCCCCCCC(=O)NC(COC1OC(CO)C(OC2OC(CO)C(O)C(O)C2O)C(O)C1O)C(O)CCCCCC. The lowest BCUT2D eigenvalue weighted by Crippen LogP contribution is -2.65. The molecule has 416 valence electrons. The summed E-state index contributed by atoms with van der Waals surface area (Å²) < 4.78 is 22.6. The summed E-state index contributed by atoms with van der Waals surface area (Å²) in [5, 5.41) is 86.3. The maximum Gasteiger partial charge on any atom is 0.220 e. The second-order valence-electron chi connectivity index (χ2n) is 21.1. The lowest BCUT2D eigenvalue weighted by molar-refractivity contribution is -0.359. The summed E-state index contributed by atoms with van der Waals surface area (Å²) in [4.78, 5) is 13.1. The zero-order valence-corrected chi connectivity index (χ0v) is 44.5. The summed E-state index contributed by atoms with van der Waals surface area (Å²) in [6, 6.07) is -0.818. The number of rotatable bonds is 47. The van der Waals surface area contributed by atoms with Crippen LogP contribution in [0.3, 0.4) is 0 Å². The van der Waals surface area contributed by atoms with Gasteiger partial charge in [0.25, 0.3) is 0 Å². The van der Waals surface area contributed by atoms with Crippen molar-refractivity contribution in [3.63, 3.8) is 0 Å². The first-order valence-corrected chi connectivity index (χ1v) is 29.3. The number of ether oxygens (including phenoxy) is 4. The van der Waals surface area contributed by atoms with Gasteiger partial charge in [0.1, 0.15) is 48.8 Å². The summed E-state index contributed by atoms with van der Waals surface area (Å²) in [5.74, 6) is -0.210. The molecule has 2 aliphatic heterocycles. The summed E-state index contributed by atoms with van der Waals surface area (Å²) in [6.45, 7) is 2.75. The number of aliphatic hydroxyl groups is 8. The lowest BCUT2D eigenvalue weighted by atomic mass is 9.97. The highest BCUT2D eigenvalue weighted by molar-refractivity contribution is 5.76. The quantitative estimate of drug-likeness (QED) is 0.0259. The molecule has 0 radical (unpaired) electrons. The largest absolute Gasteiger partial charge is 0.394 e. The summed E-state index contributed by atoms with van der Waals surface area (Å²) in [5.41, 5.74) is 0. The van der Waals surface area contributed by atoms with Crippen molar-refractivity contribution in [1.82, 2.24) is 5.32 Å². The Morgan fingerprint density at radius 2 is 0.814 bits per heavy atom. The van der Waals surface area contributed by atoms with Crippen LogP contribution in [0.1, 0.15) is 258 Å². The molecule has 9 N–H and O–H groups in total. The molecule has 12 unspecified atom stereocenters. The third kappa shape index (κ3) is 29.2. The maximum atomic E-state index is 13.1. The molecule has 0 aliphatic carbocycles. The molecular formula is C56H109NO13. The van der Waals surface area contributed by atoms with Gasteiger partial charge in [0.05, 0.1) is 32.0 Å². The van der Waals surface area contributed by atoms with Crippen molar-refractivity contribution in [2.24, 2.45) is 0 Å². The van der Waals surface area contributed by atoms with Crippen molar-refractivity contribution in [1.29, 1.82) is 0 Å². The summed E-state index contributed by atoms with van der Waals surface area (Å²) >= 11 is 0. The van der Waals surface area contributed by atoms with Crippen molar-refractivity contribution in [2.75, 3.05) is 19.8 Å². The molecule has 0 aromatic carbocycles. The van der Waals surface area contributed by atoms with Crippen molar-refractivity contribution in [2.45, 2.75) is 331 Å². The normalized spacial score (nSPS) is 25.9. The Hall–Kier alpha value is -1.01. The van der Waals surface area contributed by atoms with Gasteiger partial charge in [0, 0.05) is 6.42 Å². The Morgan fingerprint density at radius 1 is 0.457 bits per heavy atom. The van der Waals surface area contributed by atoms with Crippen molar-refractivity contribution < 1.29 is 64.6 Å². The van der Waals surface area contributed by atoms with Crippen LogP contribution in [0.4, 0.5) is 0 Å². The molecule has 0 saturated carbocycles. The minimum atomic E-state index is -1.78. The van der Waals surface area contributed by atoms with Crippen molar-refractivity contribution in [3.8, 4) is 0 Å². The van der Waals surface area contributed by atoms with E-state index in [9.17, 15) is 45.6 Å². The number of aliphatic hydroxyl groups excluding tert-OH is 8. The molecule has 12 atom stereocenters. The third-order valence-electron chi connectivity index (χ3n) is 14.8. The molecule has 0 spiro atoms. The van der Waals surface area contributed by atoms with Crippen molar-refractivity contribution >= 4 is 5.91 Å². The molecular weight excluding hydrogens is 895 g/mol. The van der Waals surface area contributed by atoms with E-state index in [0.717, 1.165) is 51.4 Å². The standard InChI is InChI=1S/C56H109NO13/c1-3-5-7-9-10-11-12-13-14-15-16-17-18-19-20-21-22-23-24-25-26-27-28-29-30-31-32-33-34-35-36-38-40-48(61)57-44(45(60)39-37-8-6-4-2)43-67-55-53(66)51(64)54(47(42-59)69-55)70-56-52(65)50(63)49(62)46(41-58)68-56/h44-47,49-56,58-60,62-66H,3-43H2,1-2H3,(H,57,61). The second kappa shape index (κ2) is 43.3. The molecule has 2 saturated heterocycles. The molecule has 2 fully saturated rings. The fourth-order valence-electron chi connectivity index (χ4n) is 10.1. The number of hydrogen-bond donors (Lipinski definition) is 9. The second-order valence-corrected chi connectivity index (χ2v) is 21.1. The van der Waals surface area contributed by atoms with Crippen LogP contribution >= 0.6 is 0 Å². The van der Waals surface area contributed by atoms with Crippen LogP contribution in [0.2, 0.25) is 0 Å². The van der Waals surface area contributed by atoms with Crippen LogP contribution in [-0.4, -0.2) is 140 Å². The Morgan fingerprint density at radius 3 is 1.21 bits per heavy atom. The van der Waals surface area contributed by atoms with Gasteiger partial charge in [-0.05, 0) is 12.8 Å². The highest BCUT2D eigenvalue weighted by Gasteiger charge is 2.51. The van der Waals surface area contributed by atoms with E-state index in [0.29, 0.717) is 12.8 Å². The van der Waals surface area contributed by atoms with E-state index in [1.165, 1.54) is 180 Å². The van der Waals surface area contributed by atoms with Crippen LogP contribution in [0.25, 0.3) is 0 Å². The highest BCUT2D eigenvalue weighted by Crippen LogP contribution is 2.30. The van der Waals surface area contributed by atoms with Gasteiger partial charge in [-0.25, -0.2) is 0 Å². The molecule has 0 aromatic heterocycles. The average Bonchev–Trinajstić information content (AvgIpc) is 3.36. The number of nitrogens with one attached hydrogen (secondary N) is 1. The third-order valence-corrected chi connectivity index (χ3v) is 14.8. The topological polar surface area (TPSA) is 228 Å². The number of amides is 1. The maximum absolute atomic E-state index is 13.1. The Balaban J connectivity index is 1.50. The van der Waals surface area contributed by atoms with Crippen LogP contribution in [-0.2, 0) is 23.7 Å². The van der Waals surface area contributed by atoms with Gasteiger partial charge in [0.15, 0.2) is 12.6 Å². The molecule has 2 heterocycles. The zero-order chi connectivity index (χ0) is 51.0. The first-order valence-electron chi connectivity index (χ1n) is 29.3. The van der Waals surface area contributed by atoms with Crippen LogP contribution < -0.4 is 5.32 Å². The molecule has 0 aromatic rings. The monoisotopic (exact) mass is 1000 g/mol. The predicted octanol–water partition coefficient (Wildman–Crippen LogP) is 9.34. The number of unbranched alkanes of at least 4 members (excludes halogenated alkanes) is 34. The molecule has 14 nitrogen and oxygen atoms in total. The molecule has 70 heavy (non-hydrogen) atoms. The van der Waals surface area contributed by atoms with Crippen LogP contribution in [0.5, 0.6) is 0 Å². The van der Waals surface area contributed by atoms with E-state index in [1.54, 1.807) is 0 Å². The molecule has 1 amide bonds. The van der Waals surface area contributed by atoms with Gasteiger partial charge in [-0.2, -0.15) is 0 Å². The predicted molar refractivity (Wildman–Crippen MR) is 277 cm³/mol. The highest BCUT2D eigenvalue weighted by atomic mass is 16.7. The van der Waals surface area contributed by atoms with Gasteiger partial charge in [-0.3, -0.25) is 4.79 Å². The van der Waals surface area contributed by atoms with Gasteiger partial charge in [-0.1, -0.05) is 239 Å². The van der Waals surface area contributed by atoms with E-state index in [-0.39, 0.29) is 12.5 Å².